The maximum Gasteiger partial charge on any atom is 0.407 e. The third-order valence-electron chi connectivity index (χ3n) is 3.10. The lowest BCUT2D eigenvalue weighted by molar-refractivity contribution is 0.0132. The van der Waals surface area contributed by atoms with Gasteiger partial charge in [0, 0.05) is 17.8 Å². The van der Waals surface area contributed by atoms with Crippen LogP contribution in [0, 0.1) is 13.8 Å². The Hall–Kier alpha value is -1.79. The van der Waals surface area contributed by atoms with E-state index in [-0.39, 0.29) is 6.54 Å². The Morgan fingerprint density at radius 3 is 2.45 bits per heavy atom. The number of aliphatic hydroxyl groups excluding tert-OH is 2. The highest BCUT2D eigenvalue weighted by atomic mass is 16.6. The second-order valence-electron chi connectivity index (χ2n) is 6.48. The molecule has 5 N–H and O–H groups in total. The van der Waals surface area contributed by atoms with Crippen molar-refractivity contribution in [2.45, 2.75) is 52.4 Å². The van der Waals surface area contributed by atoms with Gasteiger partial charge in [0.25, 0.3) is 0 Å². The van der Waals surface area contributed by atoms with Gasteiger partial charge in [-0.3, -0.25) is 0 Å². The number of nitrogens with two attached hydrogens (primary N) is 1. The fraction of sp³-hybridized carbons (Fsp3) is 0.562. The number of carbonyl (C=O) groups is 1. The summed E-state index contributed by atoms with van der Waals surface area (Å²) in [4.78, 5) is 11.5. The third kappa shape index (κ3) is 5.20. The van der Waals surface area contributed by atoms with E-state index in [2.05, 4.69) is 5.32 Å². The zero-order valence-corrected chi connectivity index (χ0v) is 13.8. The molecular weight excluding hydrogens is 284 g/mol. The summed E-state index contributed by atoms with van der Waals surface area (Å²) >= 11 is 0. The molecule has 2 atom stereocenters. The van der Waals surface area contributed by atoms with Gasteiger partial charge >= 0.3 is 6.09 Å². The summed E-state index contributed by atoms with van der Waals surface area (Å²) in [6.45, 7) is 8.82. The number of aliphatic hydroxyl groups is 2. The number of nitrogen functional groups attached to an aromatic ring is 1. The maximum atomic E-state index is 11.5. The Balaban J connectivity index is 2.70. The number of hydrogen-bond acceptors (Lipinski definition) is 5. The van der Waals surface area contributed by atoms with E-state index in [4.69, 9.17) is 10.5 Å². The first-order chi connectivity index (χ1) is 10.0. The largest absolute Gasteiger partial charge is 0.444 e. The van der Waals surface area contributed by atoms with Crippen LogP contribution in [0.25, 0.3) is 0 Å². The summed E-state index contributed by atoms with van der Waals surface area (Å²) in [5, 5.41) is 22.7. The number of aryl methyl sites for hydroxylation is 2. The molecule has 0 aliphatic heterocycles. The molecule has 0 aromatic heterocycles. The molecular formula is C16H26N2O4. The fourth-order valence-corrected chi connectivity index (χ4v) is 2.08. The molecule has 6 nitrogen and oxygen atoms in total. The van der Waals surface area contributed by atoms with Crippen molar-refractivity contribution >= 4 is 11.8 Å². The van der Waals surface area contributed by atoms with Crippen LogP contribution in [0.5, 0.6) is 0 Å². The number of ether oxygens (including phenoxy) is 1. The lowest BCUT2D eigenvalue weighted by Crippen LogP contribution is -2.39. The molecule has 0 spiro atoms. The van der Waals surface area contributed by atoms with Crippen molar-refractivity contribution in [2.24, 2.45) is 0 Å². The predicted molar refractivity (Wildman–Crippen MR) is 85.5 cm³/mol. The summed E-state index contributed by atoms with van der Waals surface area (Å²) in [5.74, 6) is 0. The number of benzene rings is 1. The second-order valence-corrected chi connectivity index (χ2v) is 6.48. The van der Waals surface area contributed by atoms with Gasteiger partial charge in [0.05, 0.1) is 0 Å². The number of carbonyl (C=O) groups excluding carboxylic acids is 1. The van der Waals surface area contributed by atoms with Crippen LogP contribution in [0.1, 0.15) is 43.6 Å². The Labute approximate surface area is 131 Å². The molecule has 1 aromatic rings. The molecule has 6 heteroatoms. The van der Waals surface area contributed by atoms with Crippen LogP contribution in [0.3, 0.4) is 0 Å². The van der Waals surface area contributed by atoms with E-state index in [0.717, 1.165) is 11.1 Å². The standard InChI is InChI=1S/C16H26N2O4/c1-9-6-10(2)13(17)11(7-9)14(20)12(19)8-18-15(21)22-16(3,4)5/h6-7,12,14,19-20H,8,17H2,1-5H3,(H,18,21). The molecule has 1 amide bonds. The first-order valence-corrected chi connectivity index (χ1v) is 7.21. The number of hydrogen-bond donors (Lipinski definition) is 4. The topological polar surface area (TPSA) is 105 Å². The quantitative estimate of drug-likeness (QED) is 0.635. The van der Waals surface area contributed by atoms with Crippen LogP contribution in [0.2, 0.25) is 0 Å². The average Bonchev–Trinajstić information content (AvgIpc) is 2.37. The molecule has 0 bridgehead atoms. The van der Waals surface area contributed by atoms with E-state index in [0.29, 0.717) is 11.3 Å². The van der Waals surface area contributed by atoms with Crippen LogP contribution >= 0.6 is 0 Å². The Morgan fingerprint density at radius 1 is 1.32 bits per heavy atom. The molecule has 0 radical (unpaired) electrons. The summed E-state index contributed by atoms with van der Waals surface area (Å²) in [6.07, 6.45) is -3.02. The molecule has 0 saturated heterocycles. The minimum absolute atomic E-state index is 0.136. The van der Waals surface area contributed by atoms with Gasteiger partial charge in [-0.2, -0.15) is 0 Å². The van der Waals surface area contributed by atoms with Crippen molar-refractivity contribution in [1.29, 1.82) is 0 Å². The minimum atomic E-state index is -1.19. The monoisotopic (exact) mass is 310 g/mol. The van der Waals surface area contributed by atoms with Gasteiger partial charge in [0.1, 0.15) is 17.8 Å². The molecule has 2 unspecified atom stereocenters. The minimum Gasteiger partial charge on any atom is -0.444 e. The van der Waals surface area contributed by atoms with Gasteiger partial charge in [-0.1, -0.05) is 17.7 Å². The average molecular weight is 310 g/mol. The highest BCUT2D eigenvalue weighted by Crippen LogP contribution is 2.27. The van der Waals surface area contributed by atoms with Crippen molar-refractivity contribution in [3.05, 3.63) is 28.8 Å². The Kier molecular flexibility index (Phi) is 5.79. The lowest BCUT2D eigenvalue weighted by Gasteiger charge is -2.23. The van der Waals surface area contributed by atoms with E-state index in [9.17, 15) is 15.0 Å². The Bertz CT molecular complexity index is 538. The predicted octanol–water partition coefficient (Wildman–Crippen LogP) is 1.80. The lowest BCUT2D eigenvalue weighted by atomic mass is 9.97. The van der Waals surface area contributed by atoms with Crippen molar-refractivity contribution < 1.29 is 19.7 Å². The highest BCUT2D eigenvalue weighted by molar-refractivity contribution is 5.67. The summed E-state index contributed by atoms with van der Waals surface area (Å²) in [6, 6.07) is 3.63. The molecule has 1 aromatic carbocycles. The van der Waals surface area contributed by atoms with Gasteiger partial charge in [-0.25, -0.2) is 4.79 Å². The zero-order chi connectivity index (χ0) is 17.1. The smallest absolute Gasteiger partial charge is 0.407 e. The third-order valence-corrected chi connectivity index (χ3v) is 3.10. The molecule has 1 rings (SSSR count). The molecule has 124 valence electrons. The highest BCUT2D eigenvalue weighted by Gasteiger charge is 2.23. The summed E-state index contributed by atoms with van der Waals surface area (Å²) < 4.78 is 5.07. The maximum absolute atomic E-state index is 11.5. The number of nitrogens with one attached hydrogen (secondary N) is 1. The Morgan fingerprint density at radius 2 is 1.91 bits per heavy atom. The molecule has 0 heterocycles. The molecule has 0 aliphatic carbocycles. The van der Waals surface area contributed by atoms with Gasteiger partial charge in [-0.15, -0.1) is 0 Å². The second kappa shape index (κ2) is 6.98. The van der Waals surface area contributed by atoms with Gasteiger partial charge in [0.2, 0.25) is 0 Å². The number of amides is 1. The first-order valence-electron chi connectivity index (χ1n) is 7.21. The summed E-state index contributed by atoms with van der Waals surface area (Å²) in [5.41, 5.74) is 7.99. The van der Waals surface area contributed by atoms with Crippen molar-refractivity contribution in [2.75, 3.05) is 12.3 Å². The normalized spacial score (nSPS) is 14.3. The van der Waals surface area contributed by atoms with Crippen LogP contribution in [0.4, 0.5) is 10.5 Å². The van der Waals surface area contributed by atoms with Crippen molar-refractivity contribution in [3.8, 4) is 0 Å². The number of anilines is 1. The number of alkyl carbamates (subject to hydrolysis) is 1. The molecule has 0 fully saturated rings. The number of rotatable bonds is 4. The van der Waals surface area contributed by atoms with Crippen molar-refractivity contribution in [1.82, 2.24) is 5.32 Å². The molecule has 22 heavy (non-hydrogen) atoms. The van der Waals surface area contributed by atoms with Crippen LogP contribution in [0.15, 0.2) is 12.1 Å². The van der Waals surface area contributed by atoms with Crippen LogP contribution in [-0.4, -0.2) is 34.6 Å². The van der Waals surface area contributed by atoms with Gasteiger partial charge in [-0.05, 0) is 40.2 Å². The van der Waals surface area contributed by atoms with Crippen molar-refractivity contribution in [3.63, 3.8) is 0 Å². The van der Waals surface area contributed by atoms with E-state index in [1.807, 2.05) is 19.9 Å². The van der Waals surface area contributed by atoms with E-state index in [1.54, 1.807) is 26.8 Å². The molecule has 0 aliphatic rings. The van der Waals surface area contributed by atoms with E-state index in [1.165, 1.54) is 0 Å². The van der Waals surface area contributed by atoms with Crippen LogP contribution < -0.4 is 11.1 Å². The van der Waals surface area contributed by atoms with Gasteiger partial charge < -0.3 is 26.0 Å². The molecule has 0 saturated carbocycles. The zero-order valence-electron chi connectivity index (χ0n) is 13.8. The van der Waals surface area contributed by atoms with Crippen LogP contribution in [-0.2, 0) is 4.74 Å². The van der Waals surface area contributed by atoms with E-state index >= 15 is 0 Å². The first kappa shape index (κ1) is 18.3. The fourth-order valence-electron chi connectivity index (χ4n) is 2.08. The van der Waals surface area contributed by atoms with E-state index < -0.39 is 23.9 Å². The van der Waals surface area contributed by atoms with Gasteiger partial charge in [0.15, 0.2) is 0 Å². The SMILES string of the molecule is Cc1cc(C)c(N)c(C(O)C(O)CNC(=O)OC(C)(C)C)c1. The summed E-state index contributed by atoms with van der Waals surface area (Å²) in [7, 11) is 0.